The first-order valence-corrected chi connectivity index (χ1v) is 17.1. The molecule has 0 aromatic carbocycles. The second kappa shape index (κ2) is 31.4. The largest absolute Gasteiger partial charge is 0.463 e. The highest BCUT2D eigenvalue weighted by atomic mass is 16.6. The molecule has 0 fully saturated rings. The third-order valence-corrected chi connectivity index (χ3v) is 7.59. The van der Waals surface area contributed by atoms with Crippen LogP contribution in [0.2, 0.25) is 0 Å². The minimum atomic E-state index is -0.952. The van der Waals surface area contributed by atoms with E-state index in [0.717, 1.165) is 25.7 Å². The molecule has 0 aromatic rings. The zero-order valence-corrected chi connectivity index (χ0v) is 26.2. The summed E-state index contributed by atoms with van der Waals surface area (Å²) in [7, 11) is 0. The number of unbranched alkanes of at least 4 members (excludes halogenated alkanes) is 23. The third kappa shape index (κ3) is 31.3. The number of carbonyl (C=O) groups excluding carboxylic acids is 2. The average molecular weight is 555 g/mol. The summed E-state index contributed by atoms with van der Waals surface area (Å²) < 4.78 is 10.3. The molecule has 0 aromatic heterocycles. The van der Waals surface area contributed by atoms with Gasteiger partial charge in [-0.1, -0.05) is 162 Å². The molecule has 232 valence electrons. The second-order valence-electron chi connectivity index (χ2n) is 11.7. The van der Waals surface area contributed by atoms with Crippen LogP contribution < -0.4 is 0 Å². The summed E-state index contributed by atoms with van der Waals surface area (Å²) in [5.74, 6) is -0.556. The normalized spacial score (nSPS) is 12.0. The van der Waals surface area contributed by atoms with Gasteiger partial charge in [-0.25, -0.2) is 0 Å². The standard InChI is InChI=1S/C34H66O5/c1-3-5-7-9-11-13-15-17-19-21-23-25-27-29-34(37)39-31-32(35)30-38-33(36)28-26-24-22-20-18-16-14-12-10-8-6-4-2/h32,35H,3-31H2,1-2H3/t32-/m1/s1. The highest BCUT2D eigenvalue weighted by Crippen LogP contribution is 2.14. The monoisotopic (exact) mass is 554 g/mol. The summed E-state index contributed by atoms with van der Waals surface area (Å²) in [4.78, 5) is 23.8. The maximum atomic E-state index is 11.9. The lowest BCUT2D eigenvalue weighted by Crippen LogP contribution is -2.25. The van der Waals surface area contributed by atoms with Crippen LogP contribution in [-0.2, 0) is 19.1 Å². The smallest absolute Gasteiger partial charge is 0.305 e. The Morgan fingerprint density at radius 1 is 0.436 bits per heavy atom. The molecule has 0 amide bonds. The Kier molecular flexibility index (Phi) is 30.5. The molecular formula is C34H66O5. The molecular weight excluding hydrogens is 488 g/mol. The number of aliphatic hydroxyl groups excluding tert-OH is 1. The van der Waals surface area contributed by atoms with Crippen molar-refractivity contribution in [2.45, 2.75) is 193 Å². The Hall–Kier alpha value is -1.10. The van der Waals surface area contributed by atoms with Crippen LogP contribution in [0.5, 0.6) is 0 Å². The second-order valence-corrected chi connectivity index (χ2v) is 11.7. The van der Waals surface area contributed by atoms with Crippen molar-refractivity contribution in [1.29, 1.82) is 0 Å². The van der Waals surface area contributed by atoms with E-state index in [2.05, 4.69) is 13.8 Å². The van der Waals surface area contributed by atoms with E-state index >= 15 is 0 Å². The van der Waals surface area contributed by atoms with Crippen LogP contribution in [0.15, 0.2) is 0 Å². The third-order valence-electron chi connectivity index (χ3n) is 7.59. The molecule has 0 saturated heterocycles. The Morgan fingerprint density at radius 3 is 0.923 bits per heavy atom. The van der Waals surface area contributed by atoms with Crippen molar-refractivity contribution in [2.24, 2.45) is 0 Å². The average Bonchev–Trinajstić information content (AvgIpc) is 2.93. The van der Waals surface area contributed by atoms with E-state index in [-0.39, 0.29) is 25.2 Å². The zero-order valence-electron chi connectivity index (χ0n) is 26.2. The molecule has 0 heterocycles. The van der Waals surface area contributed by atoms with Crippen LogP contribution in [0.3, 0.4) is 0 Å². The molecule has 1 N–H and O–H groups in total. The Bertz CT molecular complexity index is 522. The van der Waals surface area contributed by atoms with Gasteiger partial charge in [0.05, 0.1) is 0 Å². The SMILES string of the molecule is CCCCCCCCCCCCCCCC(=O)OC[C@H](O)COC(=O)CCCCCCCCCCCCCC. The summed E-state index contributed by atoms with van der Waals surface area (Å²) in [6.45, 7) is 4.30. The molecule has 1 atom stereocenters. The van der Waals surface area contributed by atoms with E-state index < -0.39 is 6.10 Å². The molecule has 0 aliphatic heterocycles. The molecule has 0 rings (SSSR count). The van der Waals surface area contributed by atoms with Crippen LogP contribution in [0.1, 0.15) is 187 Å². The highest BCUT2D eigenvalue weighted by molar-refractivity contribution is 5.69. The van der Waals surface area contributed by atoms with Crippen LogP contribution >= 0.6 is 0 Å². The summed E-state index contributed by atoms with van der Waals surface area (Å²) >= 11 is 0. The lowest BCUT2D eigenvalue weighted by Gasteiger charge is -2.12. The van der Waals surface area contributed by atoms with Crippen molar-refractivity contribution >= 4 is 11.9 Å². The fourth-order valence-electron chi connectivity index (χ4n) is 4.97. The number of esters is 2. The molecule has 0 bridgehead atoms. The lowest BCUT2D eigenvalue weighted by molar-refractivity contribution is -0.152. The van der Waals surface area contributed by atoms with Gasteiger partial charge in [-0.3, -0.25) is 9.59 Å². The van der Waals surface area contributed by atoms with E-state index in [1.807, 2.05) is 0 Å². The fraction of sp³-hybridized carbons (Fsp3) is 0.941. The maximum Gasteiger partial charge on any atom is 0.305 e. The van der Waals surface area contributed by atoms with E-state index in [9.17, 15) is 14.7 Å². The van der Waals surface area contributed by atoms with Crippen molar-refractivity contribution in [3.05, 3.63) is 0 Å². The van der Waals surface area contributed by atoms with Gasteiger partial charge in [0.2, 0.25) is 0 Å². The molecule has 39 heavy (non-hydrogen) atoms. The molecule has 0 unspecified atom stereocenters. The Balaban J connectivity index is 3.40. The van der Waals surface area contributed by atoms with Gasteiger partial charge >= 0.3 is 11.9 Å². The van der Waals surface area contributed by atoms with Gasteiger partial charge < -0.3 is 14.6 Å². The molecule has 5 heteroatoms. The quantitative estimate of drug-likeness (QED) is 0.0681. The highest BCUT2D eigenvalue weighted by Gasteiger charge is 2.12. The number of hydrogen-bond acceptors (Lipinski definition) is 5. The predicted octanol–water partition coefficient (Wildman–Crippen LogP) is 10.0. The number of carbonyl (C=O) groups is 2. The van der Waals surface area contributed by atoms with E-state index in [0.29, 0.717) is 12.8 Å². The van der Waals surface area contributed by atoms with Crippen molar-refractivity contribution in [3.8, 4) is 0 Å². The molecule has 5 nitrogen and oxygen atoms in total. The first kappa shape index (κ1) is 37.9. The molecule has 0 spiro atoms. The van der Waals surface area contributed by atoms with Crippen molar-refractivity contribution in [3.63, 3.8) is 0 Å². The van der Waals surface area contributed by atoms with Crippen molar-refractivity contribution < 1.29 is 24.2 Å². The number of rotatable bonds is 31. The predicted molar refractivity (Wildman–Crippen MR) is 164 cm³/mol. The molecule has 0 aliphatic rings. The molecule has 0 saturated carbocycles. The van der Waals surface area contributed by atoms with Gasteiger partial charge in [0, 0.05) is 12.8 Å². The van der Waals surface area contributed by atoms with Gasteiger partial charge in [-0.15, -0.1) is 0 Å². The van der Waals surface area contributed by atoms with Gasteiger partial charge in [-0.05, 0) is 12.8 Å². The fourth-order valence-corrected chi connectivity index (χ4v) is 4.97. The van der Waals surface area contributed by atoms with Crippen LogP contribution in [0.25, 0.3) is 0 Å². The summed E-state index contributed by atoms with van der Waals surface area (Å²) in [6.07, 6.45) is 31.4. The lowest BCUT2D eigenvalue weighted by atomic mass is 10.0. The minimum Gasteiger partial charge on any atom is -0.463 e. The Morgan fingerprint density at radius 2 is 0.667 bits per heavy atom. The van der Waals surface area contributed by atoms with E-state index in [1.165, 1.54) is 135 Å². The van der Waals surface area contributed by atoms with Gasteiger partial charge in [-0.2, -0.15) is 0 Å². The summed E-state index contributed by atoms with van der Waals surface area (Å²) in [5.41, 5.74) is 0. The Labute approximate surface area is 242 Å². The first-order valence-electron chi connectivity index (χ1n) is 17.1. The summed E-state index contributed by atoms with van der Waals surface area (Å²) in [6, 6.07) is 0. The maximum absolute atomic E-state index is 11.9. The van der Waals surface area contributed by atoms with E-state index in [4.69, 9.17) is 9.47 Å². The van der Waals surface area contributed by atoms with E-state index in [1.54, 1.807) is 0 Å². The van der Waals surface area contributed by atoms with Gasteiger partial charge in [0.1, 0.15) is 19.3 Å². The van der Waals surface area contributed by atoms with Gasteiger partial charge in [0.25, 0.3) is 0 Å². The van der Waals surface area contributed by atoms with Crippen LogP contribution in [-0.4, -0.2) is 36.4 Å². The van der Waals surface area contributed by atoms with Crippen LogP contribution in [0.4, 0.5) is 0 Å². The first-order chi connectivity index (χ1) is 19.1. The van der Waals surface area contributed by atoms with Gasteiger partial charge in [0.15, 0.2) is 0 Å². The molecule has 0 radical (unpaired) electrons. The number of aliphatic hydroxyl groups is 1. The molecule has 0 aliphatic carbocycles. The number of ether oxygens (including phenoxy) is 2. The topological polar surface area (TPSA) is 72.8 Å². The van der Waals surface area contributed by atoms with Crippen LogP contribution in [0, 0.1) is 0 Å². The van der Waals surface area contributed by atoms with Crippen molar-refractivity contribution in [2.75, 3.05) is 13.2 Å². The minimum absolute atomic E-state index is 0.108. The van der Waals surface area contributed by atoms with Crippen molar-refractivity contribution in [1.82, 2.24) is 0 Å². The summed E-state index contributed by atoms with van der Waals surface area (Å²) in [5, 5.41) is 9.95. The number of hydrogen-bond donors (Lipinski definition) is 1. The zero-order chi connectivity index (χ0) is 28.7.